The summed E-state index contributed by atoms with van der Waals surface area (Å²) in [6.07, 6.45) is 9.31. The summed E-state index contributed by atoms with van der Waals surface area (Å²) in [7, 11) is 1.67. The molecule has 7 N–H and O–H groups in total. The zero-order chi connectivity index (χ0) is 34.7. The minimum Gasteiger partial charge on any atom is -0.504 e. The van der Waals surface area contributed by atoms with Gasteiger partial charge >= 0.3 is 5.97 Å². The van der Waals surface area contributed by atoms with Crippen molar-refractivity contribution in [3.05, 3.63) is 23.3 Å². The summed E-state index contributed by atoms with van der Waals surface area (Å²) in [4.78, 5) is 16.7. The number of guanidine groups is 1. The predicted octanol–water partition coefficient (Wildman–Crippen LogP) is 4.56. The first-order valence-corrected chi connectivity index (χ1v) is 18.3. The van der Waals surface area contributed by atoms with Crippen LogP contribution in [0, 0.1) is 35.0 Å². The largest absolute Gasteiger partial charge is 0.504 e. The molecule has 0 spiro atoms. The van der Waals surface area contributed by atoms with Crippen molar-refractivity contribution in [2.45, 2.75) is 135 Å². The SMILES string of the molecule is CCCCC[C@H](C)[C@@]1(CNC(N)=NC)C#C[C@H]2CCC[C@H]3C[C@@H](CCN3)Oc3cc(c(CO)cc3O)C[C@@H]2[C@@H](OC(C)=O)C[C@@H](O)CC1. The first-order valence-electron chi connectivity index (χ1n) is 18.3. The van der Waals surface area contributed by atoms with Gasteiger partial charge in [0.1, 0.15) is 12.2 Å². The highest BCUT2D eigenvalue weighted by molar-refractivity contribution is 5.77. The van der Waals surface area contributed by atoms with E-state index in [2.05, 4.69) is 41.3 Å². The van der Waals surface area contributed by atoms with E-state index < -0.39 is 23.6 Å². The third kappa shape index (κ3) is 10.3. The van der Waals surface area contributed by atoms with Gasteiger partial charge in [-0.1, -0.05) is 51.4 Å². The number of unbranched alkanes of at least 4 members (excludes halogenated alkanes) is 2. The Morgan fingerprint density at radius 1 is 1.25 bits per heavy atom. The molecule has 2 heterocycles. The van der Waals surface area contributed by atoms with E-state index in [-0.39, 0.29) is 48.7 Å². The van der Waals surface area contributed by atoms with Crippen LogP contribution in [0.3, 0.4) is 0 Å². The monoisotopic (exact) mass is 668 g/mol. The minimum absolute atomic E-state index is 0.00578. The van der Waals surface area contributed by atoms with Crippen molar-refractivity contribution in [2.75, 3.05) is 20.1 Å². The lowest BCUT2D eigenvalue weighted by atomic mass is 9.68. The van der Waals surface area contributed by atoms with E-state index in [4.69, 9.17) is 15.2 Å². The third-order valence-electron chi connectivity index (χ3n) is 11.0. The number of rotatable bonds is 9. The fourth-order valence-corrected chi connectivity index (χ4v) is 7.94. The number of hydrogen-bond donors (Lipinski definition) is 6. The molecule has 10 nitrogen and oxygen atoms in total. The van der Waals surface area contributed by atoms with Crippen LogP contribution >= 0.6 is 0 Å². The van der Waals surface area contributed by atoms with Crippen LogP contribution in [0.4, 0.5) is 0 Å². The number of phenols is 1. The van der Waals surface area contributed by atoms with Crippen LogP contribution in [0.2, 0.25) is 0 Å². The average molecular weight is 669 g/mol. The Morgan fingerprint density at radius 2 is 2.06 bits per heavy atom. The molecule has 0 radical (unpaired) electrons. The molecule has 0 unspecified atom stereocenters. The molecule has 1 aromatic carbocycles. The lowest BCUT2D eigenvalue weighted by Crippen LogP contribution is -2.45. The molecule has 2 aliphatic heterocycles. The number of esters is 1. The quantitative estimate of drug-likeness (QED) is 0.0730. The second kappa shape index (κ2) is 18.1. The third-order valence-corrected chi connectivity index (χ3v) is 11.0. The number of carbonyl (C=O) groups is 1. The molecule has 48 heavy (non-hydrogen) atoms. The lowest BCUT2D eigenvalue weighted by Gasteiger charge is -2.39. The maximum atomic E-state index is 12.6. The van der Waals surface area contributed by atoms with Crippen LogP contribution < -0.4 is 21.1 Å². The van der Waals surface area contributed by atoms with E-state index in [0.29, 0.717) is 43.1 Å². The molecular formula is C38H60N4O6. The molecular weight excluding hydrogens is 608 g/mol. The Morgan fingerprint density at radius 3 is 2.79 bits per heavy atom. The summed E-state index contributed by atoms with van der Waals surface area (Å²) in [5, 5.41) is 39.9. The van der Waals surface area contributed by atoms with Gasteiger partial charge in [-0.2, -0.15) is 0 Å². The fraction of sp³-hybridized carbons (Fsp3) is 0.737. The molecule has 1 fully saturated rings. The molecule has 1 saturated heterocycles. The van der Waals surface area contributed by atoms with Gasteiger partial charge in [-0.05, 0) is 87.1 Å². The summed E-state index contributed by atoms with van der Waals surface area (Å²) in [6, 6.07) is 3.71. The van der Waals surface area contributed by atoms with Crippen LogP contribution in [0.5, 0.6) is 11.5 Å². The number of aromatic hydroxyl groups is 1. The fourth-order valence-electron chi connectivity index (χ4n) is 7.94. The Bertz CT molecular complexity index is 1290. The van der Waals surface area contributed by atoms with Gasteiger partial charge < -0.3 is 41.2 Å². The van der Waals surface area contributed by atoms with Gasteiger partial charge in [-0.25, -0.2) is 0 Å². The first kappa shape index (κ1) is 37.8. The zero-order valence-electron chi connectivity index (χ0n) is 29.6. The smallest absolute Gasteiger partial charge is 0.302 e. The van der Waals surface area contributed by atoms with E-state index in [1.807, 2.05) is 6.07 Å². The Hall–Kier alpha value is -3.00. The average Bonchev–Trinajstić information content (AvgIpc) is 3.07. The molecule has 8 atom stereocenters. The Labute approximate surface area is 287 Å². The zero-order valence-corrected chi connectivity index (χ0v) is 29.6. The van der Waals surface area contributed by atoms with Crippen molar-refractivity contribution in [2.24, 2.45) is 33.9 Å². The maximum absolute atomic E-state index is 12.6. The minimum atomic E-state index is -0.710. The van der Waals surface area contributed by atoms with Gasteiger partial charge in [0.15, 0.2) is 17.5 Å². The van der Waals surface area contributed by atoms with Gasteiger partial charge in [0.2, 0.25) is 0 Å². The van der Waals surface area contributed by atoms with Gasteiger partial charge in [-0.3, -0.25) is 9.79 Å². The van der Waals surface area contributed by atoms with E-state index >= 15 is 0 Å². The number of aliphatic hydroxyl groups excluding tert-OH is 2. The number of carbonyl (C=O) groups excluding carboxylic acids is 1. The van der Waals surface area contributed by atoms with Crippen LogP contribution in [-0.4, -0.2) is 71.7 Å². The molecule has 1 aromatic rings. The van der Waals surface area contributed by atoms with Crippen molar-refractivity contribution < 1.29 is 29.6 Å². The van der Waals surface area contributed by atoms with E-state index in [0.717, 1.165) is 69.9 Å². The summed E-state index contributed by atoms with van der Waals surface area (Å²) < 4.78 is 12.4. The summed E-state index contributed by atoms with van der Waals surface area (Å²) in [6.45, 7) is 6.99. The molecule has 0 aromatic heterocycles. The topological polar surface area (TPSA) is 159 Å². The van der Waals surface area contributed by atoms with Crippen LogP contribution in [-0.2, 0) is 22.6 Å². The summed E-state index contributed by atoms with van der Waals surface area (Å²) in [5.74, 6) is 7.78. The molecule has 1 aliphatic carbocycles. The number of nitrogens with two attached hydrogens (primary N) is 1. The van der Waals surface area contributed by atoms with Crippen molar-refractivity contribution in [1.82, 2.24) is 10.6 Å². The molecule has 0 saturated carbocycles. The van der Waals surface area contributed by atoms with E-state index in [1.54, 1.807) is 13.1 Å². The molecule has 10 heteroatoms. The highest BCUT2D eigenvalue weighted by Gasteiger charge is 2.39. The second-order valence-corrected chi connectivity index (χ2v) is 14.4. The Balaban J connectivity index is 1.86. The van der Waals surface area contributed by atoms with Crippen molar-refractivity contribution in [1.29, 1.82) is 0 Å². The van der Waals surface area contributed by atoms with E-state index in [9.17, 15) is 20.1 Å². The number of nitrogens with zero attached hydrogens (tertiary/aromatic N) is 1. The van der Waals surface area contributed by atoms with Gasteiger partial charge in [0.25, 0.3) is 0 Å². The summed E-state index contributed by atoms with van der Waals surface area (Å²) in [5.41, 5.74) is 7.11. The van der Waals surface area contributed by atoms with Gasteiger partial charge in [0.05, 0.1) is 18.1 Å². The van der Waals surface area contributed by atoms with Crippen LogP contribution in [0.1, 0.15) is 109 Å². The molecule has 4 rings (SSSR count). The second-order valence-electron chi connectivity index (χ2n) is 14.4. The highest BCUT2D eigenvalue weighted by Crippen LogP contribution is 2.41. The standard InChI is InChI=1S/C38H60N4O6/c1-5-6-7-9-25(2)38(24-42-37(39)40-4)15-12-27-10-8-11-30-21-32(14-17-41-30)48-36-20-28(29(23-43)19-34(36)46)18-33(27)35(47-26(3)44)22-31(45)13-16-38/h19-20,25,27,30-33,35,41,43,45-46H,5-11,13-14,16-18,21-24H2,1-4H3,(H3,39,40,42)/t25-,27+,30-,31-,32+,33-,35-,38-/m0/s1. The van der Waals surface area contributed by atoms with E-state index in [1.165, 1.54) is 6.92 Å². The number of aliphatic imine (C=N–C) groups is 1. The summed E-state index contributed by atoms with van der Waals surface area (Å²) >= 11 is 0. The number of fused-ring (bicyclic) bond motifs is 5. The number of piperidine rings is 1. The van der Waals surface area contributed by atoms with Crippen molar-refractivity contribution in [3.8, 4) is 23.3 Å². The van der Waals surface area contributed by atoms with Gasteiger partial charge in [-0.15, -0.1) is 0 Å². The van der Waals surface area contributed by atoms with Crippen molar-refractivity contribution >= 4 is 11.9 Å². The molecule has 0 amide bonds. The first-order chi connectivity index (χ1) is 23.1. The Kier molecular flexibility index (Phi) is 14.3. The highest BCUT2D eigenvalue weighted by atomic mass is 16.5. The molecule has 3 aliphatic rings. The maximum Gasteiger partial charge on any atom is 0.302 e. The number of phenolic OH excluding ortho intramolecular Hbond substituents is 1. The van der Waals surface area contributed by atoms with Gasteiger partial charge in [0, 0.05) is 44.8 Å². The number of hydrogen-bond acceptors (Lipinski definition) is 8. The number of aliphatic hydroxyl groups is 2. The van der Waals surface area contributed by atoms with Crippen LogP contribution in [0.25, 0.3) is 0 Å². The normalized spacial score (nSPS) is 30.4. The van der Waals surface area contributed by atoms with Crippen molar-refractivity contribution in [3.63, 3.8) is 0 Å². The number of benzene rings is 1. The lowest BCUT2D eigenvalue weighted by molar-refractivity contribution is -0.152. The number of nitrogens with one attached hydrogen (secondary N) is 2. The van der Waals surface area contributed by atoms with Crippen LogP contribution in [0.15, 0.2) is 17.1 Å². The molecule has 4 bridgehead atoms. The number of ether oxygens (including phenoxy) is 2. The predicted molar refractivity (Wildman–Crippen MR) is 188 cm³/mol. The molecule has 268 valence electrons.